The molecule has 0 fully saturated rings. The highest BCUT2D eigenvalue weighted by Gasteiger charge is 2.31. The van der Waals surface area contributed by atoms with E-state index in [9.17, 15) is 13.2 Å². The lowest BCUT2D eigenvalue weighted by Crippen LogP contribution is -2.06. The molecule has 0 aromatic heterocycles. The molecule has 0 nitrogen and oxygen atoms in total. The molecular formula is C10H10BrF3. The van der Waals surface area contributed by atoms with Gasteiger partial charge in [0.1, 0.15) is 0 Å². The number of rotatable bonds is 1. The van der Waals surface area contributed by atoms with Crippen LogP contribution in [0, 0.1) is 0 Å². The molecule has 1 aromatic rings. The Morgan fingerprint density at radius 1 is 1.36 bits per heavy atom. The molecule has 0 bridgehead atoms. The van der Waals surface area contributed by atoms with E-state index in [1.54, 1.807) is 0 Å². The predicted molar refractivity (Wildman–Crippen MR) is 53.2 cm³/mol. The van der Waals surface area contributed by atoms with E-state index in [1.807, 2.05) is 0 Å². The standard InChI is InChI=1S/C10H10BrF3/c1-6(2)7-3-8(10(12,13)14)5-9(11)4-7/h3-6H,1-2H3/i1D3,2D3,6D. The summed E-state index contributed by atoms with van der Waals surface area (Å²) in [5.74, 6) is -3.16. The third-order valence-corrected chi connectivity index (χ3v) is 1.97. The fraction of sp³-hybridized carbons (Fsp3) is 0.400. The number of hydrogen-bond acceptors (Lipinski definition) is 0. The second kappa shape index (κ2) is 3.93. The molecule has 0 aliphatic rings. The Morgan fingerprint density at radius 2 is 2.00 bits per heavy atom. The first-order chi connectivity index (χ1) is 9.10. The van der Waals surface area contributed by atoms with Crippen molar-refractivity contribution in [1.29, 1.82) is 0 Å². The van der Waals surface area contributed by atoms with E-state index in [0.29, 0.717) is 12.1 Å². The molecule has 1 rings (SSSR count). The van der Waals surface area contributed by atoms with Crippen molar-refractivity contribution >= 4 is 15.9 Å². The molecule has 0 saturated carbocycles. The normalized spacial score (nSPS) is 22.1. The molecule has 0 amide bonds. The zero-order valence-corrected chi connectivity index (χ0v) is 8.33. The van der Waals surface area contributed by atoms with Crippen molar-refractivity contribution in [2.75, 3.05) is 0 Å². The Kier molecular flexibility index (Phi) is 1.41. The largest absolute Gasteiger partial charge is 0.416 e. The molecular weight excluding hydrogens is 257 g/mol. The van der Waals surface area contributed by atoms with Gasteiger partial charge in [0.25, 0.3) is 0 Å². The van der Waals surface area contributed by atoms with E-state index < -0.39 is 36.9 Å². The molecule has 1 aromatic carbocycles. The third-order valence-electron chi connectivity index (χ3n) is 1.51. The Balaban J connectivity index is 3.66. The molecule has 0 unspecified atom stereocenters. The summed E-state index contributed by atoms with van der Waals surface area (Å²) in [6.07, 6.45) is -4.79. The molecule has 0 spiro atoms. The maximum Gasteiger partial charge on any atom is 0.416 e. The lowest BCUT2D eigenvalue weighted by atomic mass is 10.0. The van der Waals surface area contributed by atoms with Crippen LogP contribution in [-0.2, 0) is 6.18 Å². The average molecular weight is 274 g/mol. The highest BCUT2D eigenvalue weighted by molar-refractivity contribution is 9.10. The Bertz CT molecular complexity index is 519. The van der Waals surface area contributed by atoms with Gasteiger partial charge in [-0.1, -0.05) is 29.6 Å². The van der Waals surface area contributed by atoms with Crippen molar-refractivity contribution < 1.29 is 22.8 Å². The highest BCUT2D eigenvalue weighted by Crippen LogP contribution is 2.33. The third kappa shape index (κ3) is 2.74. The van der Waals surface area contributed by atoms with Crippen molar-refractivity contribution in [1.82, 2.24) is 0 Å². The quantitative estimate of drug-likeness (QED) is 0.702. The Labute approximate surface area is 99.1 Å². The van der Waals surface area contributed by atoms with Crippen LogP contribution in [0.25, 0.3) is 0 Å². The van der Waals surface area contributed by atoms with Crippen LogP contribution in [0.1, 0.15) is 40.3 Å². The van der Waals surface area contributed by atoms with E-state index in [0.717, 1.165) is 6.07 Å². The minimum absolute atomic E-state index is 0.155. The van der Waals surface area contributed by atoms with Crippen LogP contribution < -0.4 is 0 Å². The highest BCUT2D eigenvalue weighted by atomic mass is 79.9. The van der Waals surface area contributed by atoms with Crippen molar-refractivity contribution in [3.63, 3.8) is 0 Å². The summed E-state index contributed by atoms with van der Waals surface area (Å²) >= 11 is 2.78. The SMILES string of the molecule is [2H]C([2H])([2H])C([2H])(c1cc(Br)cc(C(F)(F)F)c1)C([2H])([2H])[2H]. The van der Waals surface area contributed by atoms with E-state index >= 15 is 0 Å². The zero-order chi connectivity index (χ0) is 16.9. The number of hydrogen-bond donors (Lipinski definition) is 0. The molecule has 0 aliphatic heterocycles. The molecule has 0 atom stereocenters. The van der Waals surface area contributed by atoms with Crippen molar-refractivity contribution in [3.05, 3.63) is 33.8 Å². The molecule has 0 N–H and O–H groups in total. The van der Waals surface area contributed by atoms with Gasteiger partial charge in [0.15, 0.2) is 0 Å². The van der Waals surface area contributed by atoms with Gasteiger partial charge < -0.3 is 0 Å². The van der Waals surface area contributed by atoms with Crippen LogP contribution in [-0.4, -0.2) is 0 Å². The van der Waals surface area contributed by atoms with Gasteiger partial charge in [0.2, 0.25) is 0 Å². The van der Waals surface area contributed by atoms with Gasteiger partial charge in [0.05, 0.1) is 5.56 Å². The van der Waals surface area contributed by atoms with E-state index in [2.05, 4.69) is 15.9 Å². The minimum atomic E-state index is -4.79. The molecule has 78 valence electrons. The fourth-order valence-electron chi connectivity index (χ4n) is 0.898. The van der Waals surface area contributed by atoms with Gasteiger partial charge in [-0.05, 0) is 29.7 Å². The summed E-state index contributed by atoms with van der Waals surface area (Å²) in [5, 5.41) is 0. The molecule has 0 heterocycles. The Hall–Kier alpha value is -0.510. The summed E-state index contributed by atoms with van der Waals surface area (Å²) in [6, 6.07) is 1.97. The topological polar surface area (TPSA) is 0 Å². The average Bonchev–Trinajstić information content (AvgIpc) is 2.22. The molecule has 14 heavy (non-hydrogen) atoms. The summed E-state index contributed by atoms with van der Waals surface area (Å²) in [6.45, 7) is -6.66. The van der Waals surface area contributed by atoms with Crippen LogP contribution in [0.4, 0.5) is 13.2 Å². The number of benzene rings is 1. The van der Waals surface area contributed by atoms with Gasteiger partial charge >= 0.3 is 6.18 Å². The smallest absolute Gasteiger partial charge is 0.166 e. The molecule has 0 aliphatic carbocycles. The van der Waals surface area contributed by atoms with Gasteiger partial charge in [-0.25, -0.2) is 0 Å². The van der Waals surface area contributed by atoms with E-state index in [1.165, 1.54) is 0 Å². The minimum Gasteiger partial charge on any atom is -0.166 e. The predicted octanol–water partition coefficient (Wildman–Crippen LogP) is 4.59. The van der Waals surface area contributed by atoms with Crippen LogP contribution >= 0.6 is 15.9 Å². The first-order valence-electron chi connectivity index (χ1n) is 6.99. The van der Waals surface area contributed by atoms with Gasteiger partial charge in [-0.2, -0.15) is 13.2 Å². The first kappa shape index (κ1) is 5.01. The van der Waals surface area contributed by atoms with Crippen LogP contribution in [0.15, 0.2) is 22.7 Å². The Morgan fingerprint density at radius 3 is 2.50 bits per heavy atom. The molecule has 0 radical (unpaired) electrons. The van der Waals surface area contributed by atoms with Gasteiger partial charge in [-0.3, -0.25) is 0 Å². The lowest BCUT2D eigenvalue weighted by molar-refractivity contribution is -0.137. The maximum atomic E-state index is 12.8. The lowest BCUT2D eigenvalue weighted by Gasteiger charge is -2.11. The molecule has 0 saturated heterocycles. The summed E-state index contributed by atoms with van der Waals surface area (Å²) in [5.41, 5.74) is -1.97. The zero-order valence-electron chi connectivity index (χ0n) is 13.7. The molecule has 4 heteroatoms. The van der Waals surface area contributed by atoms with Crippen LogP contribution in [0.5, 0.6) is 0 Å². The summed E-state index contributed by atoms with van der Waals surface area (Å²) in [7, 11) is 0. The van der Waals surface area contributed by atoms with E-state index in [4.69, 9.17) is 9.60 Å². The second-order valence-corrected chi connectivity index (χ2v) is 3.52. The summed E-state index contributed by atoms with van der Waals surface area (Å²) < 4.78 is 89.6. The van der Waals surface area contributed by atoms with Crippen molar-refractivity contribution in [2.24, 2.45) is 0 Å². The first-order valence-corrected chi connectivity index (χ1v) is 4.28. The monoisotopic (exact) mass is 273 g/mol. The van der Waals surface area contributed by atoms with Crippen molar-refractivity contribution in [2.45, 2.75) is 25.8 Å². The van der Waals surface area contributed by atoms with Crippen LogP contribution in [0.3, 0.4) is 0 Å². The van der Waals surface area contributed by atoms with E-state index in [-0.39, 0.29) is 4.47 Å². The maximum absolute atomic E-state index is 12.8. The number of alkyl halides is 3. The second-order valence-electron chi connectivity index (χ2n) is 2.60. The van der Waals surface area contributed by atoms with Gasteiger partial charge in [0, 0.05) is 14.1 Å². The van der Waals surface area contributed by atoms with Crippen LogP contribution in [0.2, 0.25) is 0 Å². The summed E-state index contributed by atoms with van der Waals surface area (Å²) in [4.78, 5) is 0. The number of halogens is 4. The fourth-order valence-corrected chi connectivity index (χ4v) is 1.39. The van der Waals surface area contributed by atoms with Gasteiger partial charge in [-0.15, -0.1) is 0 Å². The van der Waals surface area contributed by atoms with Crippen molar-refractivity contribution in [3.8, 4) is 0 Å².